The Morgan fingerprint density at radius 1 is 1.50 bits per heavy atom. The van der Waals surface area contributed by atoms with Gasteiger partial charge in [-0.05, 0) is 25.8 Å². The summed E-state index contributed by atoms with van der Waals surface area (Å²) in [6.07, 6.45) is 1.37. The molecule has 2 rings (SSSR count). The van der Waals surface area contributed by atoms with E-state index in [1.54, 1.807) is 6.07 Å². The first-order chi connectivity index (χ1) is 7.54. The van der Waals surface area contributed by atoms with Gasteiger partial charge in [0.1, 0.15) is 11.2 Å². The number of carboxylic acids is 1. The second-order valence-corrected chi connectivity index (χ2v) is 4.36. The largest absolute Gasteiger partial charge is 0.481 e. The Hall–Kier alpha value is -1.65. The van der Waals surface area contributed by atoms with Crippen LogP contribution >= 0.6 is 0 Å². The predicted octanol–water partition coefficient (Wildman–Crippen LogP) is 1.18. The molecule has 16 heavy (non-hydrogen) atoms. The molecule has 0 spiro atoms. The summed E-state index contributed by atoms with van der Waals surface area (Å²) in [4.78, 5) is 22.6. The zero-order valence-corrected chi connectivity index (χ0v) is 9.12. The third-order valence-electron chi connectivity index (χ3n) is 3.27. The molecule has 0 saturated heterocycles. The van der Waals surface area contributed by atoms with Crippen LogP contribution in [0.25, 0.3) is 0 Å². The number of aryl methyl sites for hydroxylation is 1. The number of nitrogens with zero attached hydrogens (tertiary/aromatic N) is 1. The summed E-state index contributed by atoms with van der Waals surface area (Å²) in [6.45, 7) is 1.83. The van der Waals surface area contributed by atoms with E-state index >= 15 is 0 Å². The number of hydrogen-bond donors (Lipinski definition) is 2. The van der Waals surface area contributed by atoms with Crippen LogP contribution in [0.2, 0.25) is 0 Å². The van der Waals surface area contributed by atoms with Crippen LogP contribution in [0.1, 0.15) is 37.1 Å². The first-order valence-electron chi connectivity index (χ1n) is 5.32. The summed E-state index contributed by atoms with van der Waals surface area (Å²) in [5.74, 6) is -0.740. The average molecular weight is 222 g/mol. The number of hydrogen-bond acceptors (Lipinski definition) is 3. The zero-order valence-electron chi connectivity index (χ0n) is 9.12. The standard InChI is InChI=1S/C11H14N2O3/c1-7-6-9(13-12-7)11(10(15)16)4-2-8(14)3-5-11/h6H,2-5H2,1H3,(H,12,13)(H,15,16). The summed E-state index contributed by atoms with van der Waals surface area (Å²) in [6, 6.07) is 1.75. The molecule has 1 fully saturated rings. The lowest BCUT2D eigenvalue weighted by Crippen LogP contribution is -2.40. The van der Waals surface area contributed by atoms with Crippen LogP contribution in [0.3, 0.4) is 0 Å². The van der Waals surface area contributed by atoms with E-state index in [1.807, 2.05) is 6.92 Å². The molecule has 0 atom stereocenters. The molecule has 1 aliphatic rings. The molecule has 1 aromatic rings. The van der Waals surface area contributed by atoms with E-state index in [1.165, 1.54) is 0 Å². The molecule has 1 heterocycles. The van der Waals surface area contributed by atoms with Crippen molar-refractivity contribution in [2.24, 2.45) is 0 Å². The van der Waals surface area contributed by atoms with E-state index in [-0.39, 0.29) is 5.78 Å². The van der Waals surface area contributed by atoms with Crippen molar-refractivity contribution < 1.29 is 14.7 Å². The van der Waals surface area contributed by atoms with Crippen molar-refractivity contribution in [3.05, 3.63) is 17.5 Å². The Morgan fingerprint density at radius 3 is 2.56 bits per heavy atom. The van der Waals surface area contributed by atoms with Crippen LogP contribution in [-0.2, 0) is 15.0 Å². The van der Waals surface area contributed by atoms with Gasteiger partial charge < -0.3 is 5.11 Å². The lowest BCUT2D eigenvalue weighted by atomic mass is 9.71. The number of carbonyl (C=O) groups is 2. The first-order valence-corrected chi connectivity index (χ1v) is 5.32. The van der Waals surface area contributed by atoms with Crippen molar-refractivity contribution >= 4 is 11.8 Å². The van der Waals surface area contributed by atoms with Crippen LogP contribution in [0.15, 0.2) is 6.07 Å². The number of nitrogens with one attached hydrogen (secondary N) is 1. The van der Waals surface area contributed by atoms with Gasteiger partial charge in [-0.25, -0.2) is 0 Å². The van der Waals surface area contributed by atoms with Crippen molar-refractivity contribution in [1.29, 1.82) is 0 Å². The molecule has 1 saturated carbocycles. The third kappa shape index (κ3) is 1.62. The first kappa shape index (κ1) is 10.9. The topological polar surface area (TPSA) is 83.0 Å². The number of Topliss-reactive ketones (excluding diaryl/α,β-unsaturated/α-hetero) is 1. The van der Waals surface area contributed by atoms with E-state index in [0.29, 0.717) is 31.4 Å². The second-order valence-electron chi connectivity index (χ2n) is 4.36. The number of aliphatic carboxylic acids is 1. The van der Waals surface area contributed by atoms with Crippen LogP contribution in [0.5, 0.6) is 0 Å². The summed E-state index contributed by atoms with van der Waals surface area (Å²) >= 11 is 0. The van der Waals surface area contributed by atoms with E-state index in [0.717, 1.165) is 5.69 Å². The molecule has 5 nitrogen and oxygen atoms in total. The van der Waals surface area contributed by atoms with Crippen LogP contribution in [0, 0.1) is 6.92 Å². The Labute approximate surface area is 92.9 Å². The molecular weight excluding hydrogens is 208 g/mol. The number of carboxylic acid groups (broad SMARTS) is 1. The second kappa shape index (κ2) is 3.73. The number of aromatic nitrogens is 2. The fraction of sp³-hybridized carbons (Fsp3) is 0.545. The van der Waals surface area contributed by atoms with Gasteiger partial charge in [0.15, 0.2) is 0 Å². The molecule has 0 bridgehead atoms. The summed E-state index contributed by atoms with van der Waals surface area (Å²) < 4.78 is 0. The lowest BCUT2D eigenvalue weighted by molar-refractivity contribution is -0.146. The monoisotopic (exact) mass is 222 g/mol. The molecule has 86 valence electrons. The van der Waals surface area contributed by atoms with E-state index in [4.69, 9.17) is 0 Å². The highest BCUT2D eigenvalue weighted by molar-refractivity contribution is 5.87. The van der Waals surface area contributed by atoms with Gasteiger partial charge in [0.05, 0.1) is 5.69 Å². The molecular formula is C11H14N2O3. The van der Waals surface area contributed by atoms with E-state index in [2.05, 4.69) is 10.2 Å². The fourth-order valence-electron chi connectivity index (χ4n) is 2.20. The van der Waals surface area contributed by atoms with Crippen molar-refractivity contribution in [2.75, 3.05) is 0 Å². The van der Waals surface area contributed by atoms with Gasteiger partial charge in [-0.1, -0.05) is 0 Å². The minimum Gasteiger partial charge on any atom is -0.481 e. The highest BCUT2D eigenvalue weighted by Gasteiger charge is 2.45. The zero-order chi connectivity index (χ0) is 11.8. The minimum absolute atomic E-state index is 0.143. The SMILES string of the molecule is Cc1cc(C2(C(=O)O)CCC(=O)CC2)n[nH]1. The number of H-pyrrole nitrogens is 1. The van der Waals surface area contributed by atoms with Crippen LogP contribution < -0.4 is 0 Å². The minimum atomic E-state index is -0.974. The van der Waals surface area contributed by atoms with Crippen molar-refractivity contribution in [3.63, 3.8) is 0 Å². The maximum Gasteiger partial charge on any atom is 0.315 e. The van der Waals surface area contributed by atoms with Gasteiger partial charge in [-0.3, -0.25) is 14.7 Å². The van der Waals surface area contributed by atoms with Crippen molar-refractivity contribution in [1.82, 2.24) is 10.2 Å². The predicted molar refractivity (Wildman–Crippen MR) is 56.1 cm³/mol. The average Bonchev–Trinajstić information content (AvgIpc) is 2.66. The van der Waals surface area contributed by atoms with E-state index in [9.17, 15) is 14.7 Å². The molecule has 2 N–H and O–H groups in total. The molecule has 0 radical (unpaired) electrons. The fourth-order valence-corrected chi connectivity index (χ4v) is 2.20. The number of aromatic amines is 1. The smallest absolute Gasteiger partial charge is 0.315 e. The Bertz CT molecular complexity index is 426. The Morgan fingerprint density at radius 2 is 2.12 bits per heavy atom. The van der Waals surface area contributed by atoms with Gasteiger partial charge in [-0.2, -0.15) is 5.10 Å². The molecule has 0 amide bonds. The molecule has 0 aliphatic heterocycles. The van der Waals surface area contributed by atoms with Gasteiger partial charge in [0.2, 0.25) is 0 Å². The highest BCUT2D eigenvalue weighted by Crippen LogP contribution is 2.37. The normalized spacial score (nSPS) is 19.7. The molecule has 0 unspecified atom stereocenters. The summed E-state index contributed by atoms with van der Waals surface area (Å²) in [5.41, 5.74) is 0.413. The quantitative estimate of drug-likeness (QED) is 0.787. The summed E-state index contributed by atoms with van der Waals surface area (Å²) in [5, 5.41) is 16.2. The van der Waals surface area contributed by atoms with Crippen molar-refractivity contribution in [3.8, 4) is 0 Å². The van der Waals surface area contributed by atoms with Gasteiger partial charge >= 0.3 is 5.97 Å². The van der Waals surface area contributed by atoms with Crippen molar-refractivity contribution in [2.45, 2.75) is 38.0 Å². The Kier molecular flexibility index (Phi) is 2.53. The number of carbonyl (C=O) groups excluding carboxylic acids is 1. The molecule has 0 aromatic carbocycles. The maximum absolute atomic E-state index is 11.4. The van der Waals surface area contributed by atoms with Gasteiger partial charge in [0, 0.05) is 18.5 Å². The number of ketones is 1. The Balaban J connectivity index is 2.36. The number of rotatable bonds is 2. The lowest BCUT2D eigenvalue weighted by Gasteiger charge is -2.30. The van der Waals surface area contributed by atoms with Crippen LogP contribution in [0.4, 0.5) is 0 Å². The molecule has 1 aromatic heterocycles. The molecule has 5 heteroatoms. The molecule has 1 aliphatic carbocycles. The highest BCUT2D eigenvalue weighted by atomic mass is 16.4. The van der Waals surface area contributed by atoms with Gasteiger partial charge in [-0.15, -0.1) is 0 Å². The van der Waals surface area contributed by atoms with Gasteiger partial charge in [0.25, 0.3) is 0 Å². The summed E-state index contributed by atoms with van der Waals surface area (Å²) in [7, 11) is 0. The third-order valence-corrected chi connectivity index (χ3v) is 3.27. The van der Waals surface area contributed by atoms with E-state index < -0.39 is 11.4 Å². The van der Waals surface area contributed by atoms with Crippen LogP contribution in [-0.4, -0.2) is 27.1 Å². The maximum atomic E-state index is 11.4.